The fourth-order valence-electron chi connectivity index (χ4n) is 2.00. The molecule has 1 atom stereocenters. The lowest BCUT2D eigenvalue weighted by Gasteiger charge is -2.17. The van der Waals surface area contributed by atoms with Crippen molar-refractivity contribution in [1.82, 2.24) is 5.32 Å². The topological polar surface area (TPSA) is 69.6 Å². The van der Waals surface area contributed by atoms with Crippen molar-refractivity contribution in [3.63, 3.8) is 0 Å². The van der Waals surface area contributed by atoms with E-state index in [1.54, 1.807) is 24.3 Å². The molecule has 0 saturated heterocycles. The summed E-state index contributed by atoms with van der Waals surface area (Å²) in [7, 11) is 0. The van der Waals surface area contributed by atoms with Crippen LogP contribution in [-0.4, -0.2) is 22.7 Å². The number of amides is 1. The van der Waals surface area contributed by atoms with E-state index in [1.165, 1.54) is 0 Å². The van der Waals surface area contributed by atoms with Crippen LogP contribution in [0.15, 0.2) is 54.6 Å². The fourth-order valence-corrected chi connectivity index (χ4v) is 2.00. The van der Waals surface area contributed by atoms with Crippen LogP contribution in [0.4, 0.5) is 0 Å². The van der Waals surface area contributed by atoms with E-state index in [-0.39, 0.29) is 24.7 Å². The second-order valence-electron chi connectivity index (χ2n) is 4.52. The van der Waals surface area contributed by atoms with Gasteiger partial charge >= 0.3 is 0 Å². The summed E-state index contributed by atoms with van der Waals surface area (Å²) in [6.07, 6.45) is 0.0794. The third-order valence-electron chi connectivity index (χ3n) is 3.06. The molecule has 2 rings (SSSR count). The summed E-state index contributed by atoms with van der Waals surface area (Å²) in [6, 6.07) is 15.6. The van der Waals surface area contributed by atoms with E-state index in [0.29, 0.717) is 5.56 Å². The molecule has 2 aromatic carbocycles. The molecular formula is C16H17NO3. The third-order valence-corrected chi connectivity index (χ3v) is 3.06. The molecule has 0 aliphatic heterocycles. The van der Waals surface area contributed by atoms with E-state index in [9.17, 15) is 15.0 Å². The number of aliphatic hydroxyl groups excluding tert-OH is 1. The Morgan fingerprint density at radius 3 is 2.35 bits per heavy atom. The van der Waals surface area contributed by atoms with Gasteiger partial charge in [-0.1, -0.05) is 48.5 Å². The summed E-state index contributed by atoms with van der Waals surface area (Å²) in [5.41, 5.74) is 1.41. The largest absolute Gasteiger partial charge is 0.508 e. The van der Waals surface area contributed by atoms with Crippen LogP contribution in [-0.2, 0) is 11.2 Å². The number of hydrogen-bond acceptors (Lipinski definition) is 3. The van der Waals surface area contributed by atoms with Gasteiger partial charge in [-0.05, 0) is 11.6 Å². The van der Waals surface area contributed by atoms with Gasteiger partial charge < -0.3 is 15.5 Å². The Kier molecular flexibility index (Phi) is 4.74. The Bertz CT molecular complexity index is 569. The number of hydrogen-bond donors (Lipinski definition) is 3. The van der Waals surface area contributed by atoms with Gasteiger partial charge in [-0.15, -0.1) is 0 Å². The average Bonchev–Trinajstić information content (AvgIpc) is 2.48. The highest BCUT2D eigenvalue weighted by molar-refractivity contribution is 5.79. The van der Waals surface area contributed by atoms with Crippen LogP contribution < -0.4 is 5.32 Å². The molecule has 0 aromatic heterocycles. The lowest BCUT2D eigenvalue weighted by Crippen LogP contribution is -2.31. The van der Waals surface area contributed by atoms with E-state index in [4.69, 9.17) is 0 Å². The minimum atomic E-state index is -0.436. The number of carbonyl (C=O) groups is 1. The molecule has 2 aromatic rings. The van der Waals surface area contributed by atoms with Crippen molar-refractivity contribution >= 4 is 5.91 Å². The van der Waals surface area contributed by atoms with Crippen LogP contribution in [0.1, 0.15) is 17.2 Å². The molecule has 20 heavy (non-hydrogen) atoms. The number of para-hydroxylation sites is 1. The van der Waals surface area contributed by atoms with Crippen molar-refractivity contribution in [3.8, 4) is 5.75 Å². The van der Waals surface area contributed by atoms with E-state index < -0.39 is 6.04 Å². The smallest absolute Gasteiger partial charge is 0.225 e. The van der Waals surface area contributed by atoms with Crippen LogP contribution in [0.2, 0.25) is 0 Å². The van der Waals surface area contributed by atoms with Gasteiger partial charge in [0, 0.05) is 5.56 Å². The van der Waals surface area contributed by atoms with Crippen molar-refractivity contribution in [1.29, 1.82) is 0 Å². The minimum absolute atomic E-state index is 0.0794. The van der Waals surface area contributed by atoms with E-state index in [2.05, 4.69) is 5.32 Å². The maximum atomic E-state index is 12.0. The number of aromatic hydroxyl groups is 1. The molecule has 0 bridgehead atoms. The van der Waals surface area contributed by atoms with Crippen LogP contribution >= 0.6 is 0 Å². The van der Waals surface area contributed by atoms with Crippen LogP contribution in [0.25, 0.3) is 0 Å². The monoisotopic (exact) mass is 271 g/mol. The predicted molar refractivity (Wildman–Crippen MR) is 76.2 cm³/mol. The summed E-state index contributed by atoms with van der Waals surface area (Å²) in [4.78, 5) is 12.0. The molecule has 104 valence electrons. The molecule has 4 nitrogen and oxygen atoms in total. The number of phenolic OH excluding ortho intramolecular Hbond substituents is 1. The summed E-state index contributed by atoms with van der Waals surface area (Å²) < 4.78 is 0. The third kappa shape index (κ3) is 3.59. The maximum Gasteiger partial charge on any atom is 0.225 e. The van der Waals surface area contributed by atoms with Crippen LogP contribution in [0.3, 0.4) is 0 Å². The number of rotatable bonds is 5. The Labute approximate surface area is 117 Å². The van der Waals surface area contributed by atoms with Crippen molar-refractivity contribution in [2.45, 2.75) is 12.5 Å². The zero-order valence-corrected chi connectivity index (χ0v) is 11.0. The van der Waals surface area contributed by atoms with Crippen LogP contribution in [0.5, 0.6) is 5.75 Å². The lowest BCUT2D eigenvalue weighted by atomic mass is 10.1. The summed E-state index contributed by atoms with van der Waals surface area (Å²) >= 11 is 0. The van der Waals surface area contributed by atoms with Gasteiger partial charge in [0.05, 0.1) is 19.1 Å². The highest BCUT2D eigenvalue weighted by atomic mass is 16.3. The number of aliphatic hydroxyl groups is 1. The molecule has 0 saturated carbocycles. The normalized spacial score (nSPS) is 11.8. The molecule has 0 aliphatic rings. The highest BCUT2D eigenvalue weighted by Crippen LogP contribution is 2.17. The number of carbonyl (C=O) groups excluding carboxylic acids is 1. The molecule has 4 heteroatoms. The fraction of sp³-hybridized carbons (Fsp3) is 0.188. The first-order valence-corrected chi connectivity index (χ1v) is 6.42. The second kappa shape index (κ2) is 6.73. The van der Waals surface area contributed by atoms with E-state index in [0.717, 1.165) is 5.56 Å². The Morgan fingerprint density at radius 2 is 1.70 bits per heavy atom. The first-order valence-electron chi connectivity index (χ1n) is 6.42. The number of nitrogens with one attached hydrogen (secondary N) is 1. The van der Waals surface area contributed by atoms with Gasteiger partial charge in [0.2, 0.25) is 5.91 Å². The van der Waals surface area contributed by atoms with Crippen molar-refractivity contribution in [2.75, 3.05) is 6.61 Å². The molecular weight excluding hydrogens is 254 g/mol. The van der Waals surface area contributed by atoms with Gasteiger partial charge in [0.15, 0.2) is 0 Å². The lowest BCUT2D eigenvalue weighted by molar-refractivity contribution is -0.121. The quantitative estimate of drug-likeness (QED) is 0.776. The molecule has 0 aliphatic carbocycles. The first-order chi connectivity index (χ1) is 9.70. The highest BCUT2D eigenvalue weighted by Gasteiger charge is 2.14. The maximum absolute atomic E-state index is 12.0. The second-order valence-corrected chi connectivity index (χ2v) is 4.52. The van der Waals surface area contributed by atoms with Gasteiger partial charge in [-0.25, -0.2) is 0 Å². The number of phenols is 1. The Morgan fingerprint density at radius 1 is 1.05 bits per heavy atom. The van der Waals surface area contributed by atoms with Gasteiger partial charge in [0.1, 0.15) is 5.75 Å². The molecule has 0 heterocycles. The predicted octanol–water partition coefficient (Wildman–Crippen LogP) is 1.78. The standard InChI is InChI=1S/C16H17NO3/c18-11-14(12-6-2-1-3-7-12)17-16(20)10-13-8-4-5-9-15(13)19/h1-9,14,18-19H,10-11H2,(H,17,20). The summed E-state index contributed by atoms with van der Waals surface area (Å²) in [6.45, 7) is -0.170. The van der Waals surface area contributed by atoms with Gasteiger partial charge in [0.25, 0.3) is 0 Å². The van der Waals surface area contributed by atoms with Gasteiger partial charge in [-0.3, -0.25) is 4.79 Å². The Hall–Kier alpha value is -2.33. The summed E-state index contributed by atoms with van der Waals surface area (Å²) in [5.74, 6) is -0.141. The van der Waals surface area contributed by atoms with Gasteiger partial charge in [-0.2, -0.15) is 0 Å². The Balaban J connectivity index is 2.02. The zero-order chi connectivity index (χ0) is 14.4. The number of benzene rings is 2. The molecule has 0 fully saturated rings. The van der Waals surface area contributed by atoms with E-state index >= 15 is 0 Å². The zero-order valence-electron chi connectivity index (χ0n) is 11.0. The van der Waals surface area contributed by atoms with E-state index in [1.807, 2.05) is 30.3 Å². The van der Waals surface area contributed by atoms with Crippen molar-refractivity contribution in [2.24, 2.45) is 0 Å². The SMILES string of the molecule is O=C(Cc1ccccc1O)NC(CO)c1ccccc1. The summed E-state index contributed by atoms with van der Waals surface area (Å²) in [5, 5.41) is 21.8. The molecule has 1 amide bonds. The average molecular weight is 271 g/mol. The first kappa shape index (κ1) is 14.1. The minimum Gasteiger partial charge on any atom is -0.508 e. The molecule has 1 unspecified atom stereocenters. The molecule has 0 radical (unpaired) electrons. The van der Waals surface area contributed by atoms with Crippen molar-refractivity contribution in [3.05, 3.63) is 65.7 Å². The van der Waals surface area contributed by atoms with Crippen LogP contribution in [0, 0.1) is 0 Å². The molecule has 3 N–H and O–H groups in total. The van der Waals surface area contributed by atoms with Crippen molar-refractivity contribution < 1.29 is 15.0 Å². The molecule has 0 spiro atoms.